The van der Waals surface area contributed by atoms with E-state index in [1.807, 2.05) is 41.7 Å². The van der Waals surface area contributed by atoms with Gasteiger partial charge in [0.2, 0.25) is 0 Å². The van der Waals surface area contributed by atoms with E-state index in [0.717, 1.165) is 50.3 Å². The van der Waals surface area contributed by atoms with Gasteiger partial charge in [0, 0.05) is 5.39 Å². The maximum absolute atomic E-state index is 13.2. The average molecular weight is 471 g/mol. The van der Waals surface area contributed by atoms with Crippen LogP contribution in [0.5, 0.6) is 0 Å². The number of benzene rings is 4. The molecule has 0 aliphatic heterocycles. The summed E-state index contributed by atoms with van der Waals surface area (Å²) in [6.45, 7) is 4.77. The molecule has 0 amide bonds. The molecule has 0 radical (unpaired) electrons. The van der Waals surface area contributed by atoms with Crippen molar-refractivity contribution in [3.8, 4) is 0 Å². The van der Waals surface area contributed by atoms with Crippen molar-refractivity contribution >= 4 is 48.3 Å². The van der Waals surface area contributed by atoms with Crippen LogP contribution >= 0.6 is 0 Å². The number of aryl methyl sites for hydroxylation is 2. The molecule has 0 aliphatic rings. The lowest BCUT2D eigenvalue weighted by atomic mass is 10.0. The van der Waals surface area contributed by atoms with E-state index in [0.29, 0.717) is 0 Å². The normalized spacial score (nSPS) is 11.9. The van der Waals surface area contributed by atoms with Crippen molar-refractivity contribution in [1.29, 1.82) is 0 Å². The zero-order valence-corrected chi connectivity index (χ0v) is 19.5. The highest BCUT2D eigenvalue weighted by Gasteiger charge is 2.25. The van der Waals surface area contributed by atoms with E-state index in [-0.39, 0.29) is 10.5 Å². The Hall–Kier alpha value is -3.81. The highest BCUT2D eigenvalue weighted by Crippen LogP contribution is 2.28. The van der Waals surface area contributed by atoms with E-state index in [2.05, 4.69) is 41.8 Å². The standard InChI is InChI=1S/C20H15N2O.C7H8O3S/c1-2-21-16-11-3-4-12-17(16)22-19(21)14-9-5-7-13-8-6-10-15(18(13)14)20(22)23;1-6-2-4-7(5-3-6)11(8,9)10/h3-12H,2H2,1H3;2-5H,1H3,(H,8,9,10)/q+1;/p-1. The SMILES string of the molecule is CC[n+]1c2ccccc2n2c(=O)c3cccc4cccc(c43)c21.Cc1ccc(S(=O)(=O)[O-])cc1. The lowest BCUT2D eigenvalue weighted by molar-refractivity contribution is -0.641. The molecule has 0 saturated carbocycles. The van der Waals surface area contributed by atoms with Gasteiger partial charge in [-0.3, -0.25) is 0 Å². The number of pyridine rings is 1. The van der Waals surface area contributed by atoms with Crippen LogP contribution in [-0.2, 0) is 16.7 Å². The highest BCUT2D eigenvalue weighted by atomic mass is 32.2. The maximum Gasteiger partial charge on any atom is 0.347 e. The molecule has 0 aliphatic carbocycles. The third kappa shape index (κ3) is 3.50. The first-order chi connectivity index (χ1) is 16.3. The summed E-state index contributed by atoms with van der Waals surface area (Å²) < 4.78 is 35.3. The zero-order valence-electron chi connectivity index (χ0n) is 18.7. The second kappa shape index (κ2) is 8.20. The molecule has 6 nitrogen and oxygen atoms in total. The Kier molecular flexibility index (Phi) is 5.31. The third-order valence-corrected chi connectivity index (χ3v) is 6.94. The van der Waals surface area contributed by atoms with Gasteiger partial charge < -0.3 is 4.55 Å². The summed E-state index contributed by atoms with van der Waals surface area (Å²) in [6.07, 6.45) is 0. The molecule has 2 heterocycles. The number of aromatic nitrogens is 2. The third-order valence-electron chi connectivity index (χ3n) is 6.09. The minimum Gasteiger partial charge on any atom is -0.744 e. The number of nitrogens with zero attached hydrogens (tertiary/aromatic N) is 2. The largest absolute Gasteiger partial charge is 0.744 e. The van der Waals surface area contributed by atoms with Crippen molar-refractivity contribution in [2.45, 2.75) is 25.3 Å². The van der Waals surface area contributed by atoms with Gasteiger partial charge in [-0.15, -0.1) is 0 Å². The summed E-state index contributed by atoms with van der Waals surface area (Å²) in [7, 11) is -4.27. The molecular weight excluding hydrogens is 448 g/mol. The van der Waals surface area contributed by atoms with E-state index >= 15 is 0 Å². The van der Waals surface area contributed by atoms with Crippen LogP contribution in [0.15, 0.2) is 94.6 Å². The van der Waals surface area contributed by atoms with E-state index in [4.69, 9.17) is 0 Å². The summed E-state index contributed by atoms with van der Waals surface area (Å²) in [6, 6.07) is 26.1. The number of fused-ring (bicyclic) bond motifs is 4. The molecule has 7 heteroatoms. The molecule has 0 fully saturated rings. The quantitative estimate of drug-likeness (QED) is 0.277. The molecule has 0 spiro atoms. The van der Waals surface area contributed by atoms with Gasteiger partial charge in [0.05, 0.1) is 22.2 Å². The number of hydrogen-bond donors (Lipinski definition) is 0. The summed E-state index contributed by atoms with van der Waals surface area (Å²) in [5.74, 6) is 0. The fourth-order valence-corrected chi connectivity index (χ4v) is 5.02. The topological polar surface area (TPSA) is 82.6 Å². The molecule has 34 heavy (non-hydrogen) atoms. The molecule has 6 aromatic rings. The van der Waals surface area contributed by atoms with Crippen LogP contribution in [-0.4, -0.2) is 17.4 Å². The average Bonchev–Trinajstić information content (AvgIpc) is 3.17. The zero-order chi connectivity index (χ0) is 24.0. The van der Waals surface area contributed by atoms with E-state index in [9.17, 15) is 17.8 Å². The molecule has 0 unspecified atom stereocenters. The Labute approximate surface area is 196 Å². The lowest BCUT2D eigenvalue weighted by Crippen LogP contribution is -2.33. The second-order valence-electron chi connectivity index (χ2n) is 8.17. The highest BCUT2D eigenvalue weighted by molar-refractivity contribution is 7.85. The molecule has 0 N–H and O–H groups in total. The van der Waals surface area contributed by atoms with Gasteiger partial charge >= 0.3 is 5.56 Å². The van der Waals surface area contributed by atoms with Crippen LogP contribution in [0.2, 0.25) is 0 Å². The number of rotatable bonds is 2. The maximum atomic E-state index is 13.2. The summed E-state index contributed by atoms with van der Waals surface area (Å²) >= 11 is 0. The number of para-hydroxylation sites is 2. The monoisotopic (exact) mass is 470 g/mol. The Morgan fingerprint density at radius 2 is 1.50 bits per heavy atom. The smallest absolute Gasteiger partial charge is 0.347 e. The van der Waals surface area contributed by atoms with Gasteiger partial charge in [-0.1, -0.05) is 54.1 Å². The summed E-state index contributed by atoms with van der Waals surface area (Å²) in [5, 5.41) is 4.11. The van der Waals surface area contributed by atoms with Crippen LogP contribution < -0.4 is 10.1 Å². The van der Waals surface area contributed by atoms with Crippen molar-refractivity contribution in [2.75, 3.05) is 0 Å². The van der Waals surface area contributed by atoms with E-state index in [1.54, 1.807) is 12.1 Å². The first kappa shape index (κ1) is 22.0. The molecule has 2 aromatic heterocycles. The number of hydrogen-bond acceptors (Lipinski definition) is 4. The predicted molar refractivity (Wildman–Crippen MR) is 132 cm³/mol. The summed E-state index contributed by atoms with van der Waals surface area (Å²) in [4.78, 5) is 13.0. The van der Waals surface area contributed by atoms with Gasteiger partial charge in [-0.25, -0.2) is 17.8 Å². The minimum atomic E-state index is -4.27. The van der Waals surface area contributed by atoms with Gasteiger partial charge in [0.15, 0.2) is 11.0 Å². The van der Waals surface area contributed by atoms with Crippen LogP contribution in [0.25, 0.3) is 38.2 Å². The van der Waals surface area contributed by atoms with Crippen molar-refractivity contribution in [2.24, 2.45) is 0 Å². The fourth-order valence-electron chi connectivity index (χ4n) is 4.55. The Morgan fingerprint density at radius 3 is 2.15 bits per heavy atom. The molecule has 6 rings (SSSR count). The van der Waals surface area contributed by atoms with Crippen molar-refractivity contribution in [3.05, 3.63) is 101 Å². The Morgan fingerprint density at radius 1 is 0.853 bits per heavy atom. The second-order valence-corrected chi connectivity index (χ2v) is 9.55. The van der Waals surface area contributed by atoms with E-state index in [1.165, 1.54) is 12.1 Å². The van der Waals surface area contributed by atoms with Crippen molar-refractivity contribution in [1.82, 2.24) is 4.40 Å². The predicted octanol–water partition coefficient (Wildman–Crippen LogP) is 4.40. The van der Waals surface area contributed by atoms with Crippen LogP contribution in [0.4, 0.5) is 0 Å². The Bertz CT molecular complexity index is 1830. The minimum absolute atomic E-state index is 0.0627. The van der Waals surface area contributed by atoms with Gasteiger partial charge in [0.25, 0.3) is 5.65 Å². The van der Waals surface area contributed by atoms with Gasteiger partial charge in [0.1, 0.15) is 10.1 Å². The molecular formula is C27H22N2O4S. The van der Waals surface area contributed by atoms with Gasteiger partial charge in [-0.2, -0.15) is 4.40 Å². The lowest BCUT2D eigenvalue weighted by Gasteiger charge is -2.05. The van der Waals surface area contributed by atoms with Crippen LogP contribution in [0.3, 0.4) is 0 Å². The van der Waals surface area contributed by atoms with Crippen LogP contribution in [0, 0.1) is 6.92 Å². The van der Waals surface area contributed by atoms with Crippen molar-refractivity contribution < 1.29 is 17.5 Å². The van der Waals surface area contributed by atoms with Crippen LogP contribution in [0.1, 0.15) is 12.5 Å². The summed E-state index contributed by atoms with van der Waals surface area (Å²) in [5.41, 5.74) is 4.05. The van der Waals surface area contributed by atoms with E-state index < -0.39 is 10.1 Å². The fraction of sp³-hybridized carbons (Fsp3) is 0.111. The Balaban J connectivity index is 0.000000186. The molecule has 170 valence electrons. The number of imidazole rings is 1. The first-order valence-corrected chi connectivity index (χ1v) is 12.3. The molecule has 0 bridgehead atoms. The molecule has 4 aromatic carbocycles. The molecule has 0 atom stereocenters. The molecule has 0 saturated heterocycles. The first-order valence-electron chi connectivity index (χ1n) is 10.9. The van der Waals surface area contributed by atoms with Crippen molar-refractivity contribution in [3.63, 3.8) is 0 Å². The van der Waals surface area contributed by atoms with Gasteiger partial charge in [-0.05, 0) is 55.6 Å².